The zero-order valence-electron chi connectivity index (χ0n) is 27.4. The molecule has 2 aromatic carbocycles. The van der Waals surface area contributed by atoms with E-state index < -0.39 is 0 Å². The Bertz CT molecular complexity index is 1480. The lowest BCUT2D eigenvalue weighted by atomic mass is 9.79. The molecule has 7 heteroatoms. The van der Waals surface area contributed by atoms with Gasteiger partial charge in [-0.25, -0.2) is 20.0 Å². The Labute approximate surface area is 257 Å². The van der Waals surface area contributed by atoms with E-state index in [0.717, 1.165) is 51.2 Å². The molecule has 0 amide bonds. The molecule has 2 N–H and O–H groups in total. The fraction of sp³-hybridized carbons (Fsp3) is 0.444. The molecule has 0 radical (unpaired) electrons. The monoisotopic (exact) mass is 577 g/mol. The SMILES string of the molecule is CNc1cc(C(C(C)C)C(C)C)ccc1C1=CC2=CC(c3ccc(N(C(C)C)C(C)C)cc3NC)=NC3=NC=NC(=N1)[C@H]23. The molecule has 0 bridgehead atoms. The third-order valence-corrected chi connectivity index (χ3v) is 8.68. The molecule has 0 aromatic heterocycles. The van der Waals surface area contributed by atoms with E-state index in [1.807, 2.05) is 14.1 Å². The van der Waals surface area contributed by atoms with Crippen LogP contribution in [0.25, 0.3) is 5.70 Å². The molecule has 0 fully saturated rings. The van der Waals surface area contributed by atoms with Crippen LogP contribution in [0.5, 0.6) is 0 Å². The first kappa shape index (κ1) is 30.5. The average molecular weight is 578 g/mol. The highest BCUT2D eigenvalue weighted by Crippen LogP contribution is 2.40. The van der Waals surface area contributed by atoms with E-state index in [0.29, 0.717) is 29.8 Å². The highest BCUT2D eigenvalue weighted by atomic mass is 15.2. The maximum Gasteiger partial charge on any atom is 0.145 e. The quantitative estimate of drug-likeness (QED) is 0.300. The van der Waals surface area contributed by atoms with E-state index in [1.165, 1.54) is 11.3 Å². The molecule has 3 aliphatic heterocycles. The van der Waals surface area contributed by atoms with Gasteiger partial charge in [0.05, 0.1) is 11.4 Å². The fourth-order valence-corrected chi connectivity index (χ4v) is 7.06. The summed E-state index contributed by atoms with van der Waals surface area (Å²) >= 11 is 0. The van der Waals surface area contributed by atoms with Crippen LogP contribution >= 0.6 is 0 Å². The summed E-state index contributed by atoms with van der Waals surface area (Å²) in [6.07, 6.45) is 5.95. The largest absolute Gasteiger partial charge is 0.388 e. The van der Waals surface area contributed by atoms with Gasteiger partial charge in [0.2, 0.25) is 0 Å². The molecule has 0 spiro atoms. The van der Waals surface area contributed by atoms with Gasteiger partial charge in [-0.2, -0.15) is 0 Å². The normalized spacial score (nSPS) is 17.6. The number of benzene rings is 2. The minimum Gasteiger partial charge on any atom is -0.388 e. The minimum absolute atomic E-state index is 0.157. The number of allylic oxidation sites excluding steroid dienone is 2. The summed E-state index contributed by atoms with van der Waals surface area (Å²) < 4.78 is 0. The lowest BCUT2D eigenvalue weighted by Crippen LogP contribution is -2.37. The van der Waals surface area contributed by atoms with Gasteiger partial charge in [0, 0.05) is 54.4 Å². The molecule has 0 aliphatic carbocycles. The van der Waals surface area contributed by atoms with Crippen LogP contribution in [0.3, 0.4) is 0 Å². The van der Waals surface area contributed by atoms with Crippen LogP contribution < -0.4 is 15.5 Å². The summed E-state index contributed by atoms with van der Waals surface area (Å²) in [6, 6.07) is 14.2. The molecule has 2 aromatic rings. The lowest BCUT2D eigenvalue weighted by Gasteiger charge is -2.34. The summed E-state index contributed by atoms with van der Waals surface area (Å²) in [6.45, 7) is 18.2. The van der Waals surface area contributed by atoms with Crippen LogP contribution in [-0.2, 0) is 0 Å². The van der Waals surface area contributed by atoms with Crippen molar-refractivity contribution in [1.82, 2.24) is 0 Å². The van der Waals surface area contributed by atoms with Crippen LogP contribution in [-0.4, -0.2) is 49.9 Å². The van der Waals surface area contributed by atoms with Crippen molar-refractivity contribution in [1.29, 1.82) is 0 Å². The Morgan fingerprint density at radius 1 is 0.721 bits per heavy atom. The predicted octanol–water partition coefficient (Wildman–Crippen LogP) is 8.03. The van der Waals surface area contributed by atoms with Gasteiger partial charge in [-0.3, -0.25) is 0 Å². The van der Waals surface area contributed by atoms with Gasteiger partial charge >= 0.3 is 0 Å². The zero-order valence-corrected chi connectivity index (χ0v) is 27.4. The third-order valence-electron chi connectivity index (χ3n) is 8.68. The number of amidine groups is 2. The second-order valence-corrected chi connectivity index (χ2v) is 12.9. The Morgan fingerprint density at radius 2 is 1.37 bits per heavy atom. The molecule has 0 saturated carbocycles. The average Bonchev–Trinajstić information content (AvgIpc) is 2.96. The molecule has 3 aliphatic rings. The zero-order chi connectivity index (χ0) is 31.0. The summed E-state index contributed by atoms with van der Waals surface area (Å²) in [5.41, 5.74) is 9.65. The van der Waals surface area contributed by atoms with Crippen molar-refractivity contribution in [3.8, 4) is 0 Å². The maximum atomic E-state index is 5.04. The highest BCUT2D eigenvalue weighted by Gasteiger charge is 2.35. The molecule has 3 heterocycles. The highest BCUT2D eigenvalue weighted by molar-refractivity contribution is 6.27. The molecule has 0 unspecified atom stereocenters. The first-order chi connectivity index (χ1) is 20.5. The van der Waals surface area contributed by atoms with Crippen LogP contribution in [0.2, 0.25) is 0 Å². The number of nitrogens with zero attached hydrogens (tertiary/aromatic N) is 5. The summed E-state index contributed by atoms with van der Waals surface area (Å²) in [7, 11) is 3.95. The van der Waals surface area contributed by atoms with Crippen molar-refractivity contribution in [2.24, 2.45) is 37.7 Å². The van der Waals surface area contributed by atoms with Crippen LogP contribution in [0.1, 0.15) is 78.0 Å². The molecule has 43 heavy (non-hydrogen) atoms. The number of rotatable bonds is 10. The van der Waals surface area contributed by atoms with Gasteiger partial charge in [0.15, 0.2) is 0 Å². The van der Waals surface area contributed by atoms with Gasteiger partial charge in [-0.05, 0) is 93.0 Å². The smallest absolute Gasteiger partial charge is 0.145 e. The fourth-order valence-electron chi connectivity index (χ4n) is 7.06. The standard InChI is InChI=1S/C36H47N7/c1-20(2)33(21(3)4)24-11-13-27(29(15-24)37-9)31-16-25-17-32(42-36-34(25)35(41-31)39-19-40-36)28-14-12-26(18-30(28)38-10)43(22(5)6)23(7)8/h11-23,33-34,37-38H,1-10H3/t34-/m0/s1. The van der Waals surface area contributed by atoms with E-state index in [1.54, 1.807) is 6.34 Å². The topological polar surface area (TPSA) is 76.7 Å². The summed E-state index contributed by atoms with van der Waals surface area (Å²) in [4.78, 5) is 21.7. The third kappa shape index (κ3) is 5.82. The molecule has 0 saturated heterocycles. The van der Waals surface area contributed by atoms with E-state index in [4.69, 9.17) is 9.98 Å². The molecular weight excluding hydrogens is 530 g/mol. The van der Waals surface area contributed by atoms with E-state index >= 15 is 0 Å². The van der Waals surface area contributed by atoms with Gasteiger partial charge < -0.3 is 15.5 Å². The Morgan fingerprint density at radius 3 is 2.00 bits per heavy atom. The van der Waals surface area contributed by atoms with Gasteiger partial charge in [0.1, 0.15) is 23.9 Å². The van der Waals surface area contributed by atoms with Crippen molar-refractivity contribution in [3.05, 3.63) is 70.8 Å². The summed E-state index contributed by atoms with van der Waals surface area (Å²) in [5, 5.41) is 6.87. The Hall–Kier alpha value is -4.00. The second kappa shape index (κ2) is 12.3. The molecule has 7 nitrogen and oxygen atoms in total. The van der Waals surface area contributed by atoms with E-state index in [2.05, 4.69) is 129 Å². The Kier molecular flexibility index (Phi) is 8.72. The van der Waals surface area contributed by atoms with Crippen molar-refractivity contribution in [2.45, 2.75) is 73.4 Å². The van der Waals surface area contributed by atoms with Crippen LogP contribution in [0, 0.1) is 17.8 Å². The van der Waals surface area contributed by atoms with Crippen molar-refractivity contribution >= 4 is 46.5 Å². The minimum atomic E-state index is -0.157. The Balaban J connectivity index is 1.57. The molecule has 226 valence electrons. The number of dihydropyridines is 1. The van der Waals surface area contributed by atoms with Crippen LogP contribution in [0.4, 0.5) is 17.1 Å². The second-order valence-electron chi connectivity index (χ2n) is 12.9. The first-order valence-electron chi connectivity index (χ1n) is 15.7. The van der Waals surface area contributed by atoms with E-state index in [-0.39, 0.29) is 5.92 Å². The number of hydrogen-bond donors (Lipinski definition) is 2. The number of anilines is 3. The van der Waals surface area contributed by atoms with Crippen molar-refractivity contribution in [3.63, 3.8) is 0 Å². The lowest BCUT2D eigenvalue weighted by molar-refractivity contribution is 0.388. The molecular formula is C36H47N7. The predicted molar refractivity (Wildman–Crippen MR) is 187 cm³/mol. The number of nitrogens with one attached hydrogen (secondary N) is 2. The molecule has 1 atom stereocenters. The summed E-state index contributed by atoms with van der Waals surface area (Å²) in [5.74, 6) is 2.91. The van der Waals surface area contributed by atoms with Gasteiger partial charge in [0.25, 0.3) is 0 Å². The maximum absolute atomic E-state index is 5.04. The number of hydrogen-bond acceptors (Lipinski definition) is 7. The van der Waals surface area contributed by atoms with Gasteiger partial charge in [-0.1, -0.05) is 39.8 Å². The molecule has 5 rings (SSSR count). The van der Waals surface area contributed by atoms with Gasteiger partial charge in [-0.15, -0.1) is 0 Å². The van der Waals surface area contributed by atoms with E-state index in [9.17, 15) is 0 Å². The number of aliphatic imine (C=N–C) groups is 4. The van der Waals surface area contributed by atoms with Crippen LogP contribution in [0.15, 0.2) is 74.1 Å². The first-order valence-corrected chi connectivity index (χ1v) is 15.7. The van der Waals surface area contributed by atoms with Crippen molar-refractivity contribution < 1.29 is 0 Å². The van der Waals surface area contributed by atoms with Crippen molar-refractivity contribution in [2.75, 3.05) is 29.6 Å².